The second-order valence-corrected chi connectivity index (χ2v) is 5.08. The van der Waals surface area contributed by atoms with Crippen LogP contribution in [0, 0.1) is 6.92 Å². The summed E-state index contributed by atoms with van der Waals surface area (Å²) in [6, 6.07) is 3.92. The van der Waals surface area contributed by atoms with Crippen LogP contribution in [0.1, 0.15) is 36.1 Å². The molecule has 0 aliphatic carbocycles. The van der Waals surface area contributed by atoms with E-state index in [9.17, 15) is 4.79 Å². The lowest BCUT2D eigenvalue weighted by Gasteiger charge is -2.18. The van der Waals surface area contributed by atoms with Crippen LogP contribution in [0.15, 0.2) is 12.1 Å². The normalized spacial score (nSPS) is 14.9. The highest BCUT2D eigenvalue weighted by Crippen LogP contribution is 2.23. The number of nitrogens with one attached hydrogen (secondary N) is 1. The molecule has 1 amide bonds. The third-order valence-electron chi connectivity index (χ3n) is 2.39. The molecule has 0 aliphatic rings. The molecule has 0 spiro atoms. The van der Waals surface area contributed by atoms with Gasteiger partial charge in [-0.15, -0.1) is 11.3 Å². The molecule has 3 nitrogen and oxygen atoms in total. The van der Waals surface area contributed by atoms with Crippen molar-refractivity contribution in [2.45, 2.75) is 39.3 Å². The summed E-state index contributed by atoms with van der Waals surface area (Å²) in [5.41, 5.74) is 5.39. The molecule has 0 bridgehead atoms. The number of hydrogen-bond donors (Lipinski definition) is 2. The standard InChI is InChI=1S/C11H18N2OS/c1-4-7(2)13-10(11(12)14)9-6-5-8(3)15-9/h5-7,10,13H,4H2,1-3H3,(H2,12,14). The summed E-state index contributed by atoms with van der Waals surface area (Å²) >= 11 is 1.61. The number of primary amides is 1. The number of thiophene rings is 1. The van der Waals surface area contributed by atoms with Gasteiger partial charge in [-0.3, -0.25) is 10.1 Å². The SMILES string of the molecule is CCC(C)NC(C(N)=O)c1ccc(C)s1. The van der Waals surface area contributed by atoms with Gasteiger partial charge in [-0.05, 0) is 32.4 Å². The molecule has 2 atom stereocenters. The van der Waals surface area contributed by atoms with Crippen molar-refractivity contribution in [1.29, 1.82) is 0 Å². The minimum Gasteiger partial charge on any atom is -0.368 e. The van der Waals surface area contributed by atoms with Gasteiger partial charge in [-0.1, -0.05) is 6.92 Å². The van der Waals surface area contributed by atoms with Crippen molar-refractivity contribution in [2.24, 2.45) is 5.73 Å². The highest BCUT2D eigenvalue weighted by molar-refractivity contribution is 7.12. The Morgan fingerprint density at radius 1 is 1.60 bits per heavy atom. The minimum atomic E-state index is -0.348. The monoisotopic (exact) mass is 226 g/mol. The molecule has 0 radical (unpaired) electrons. The first-order valence-corrected chi connectivity index (χ1v) is 5.98. The van der Waals surface area contributed by atoms with E-state index in [-0.39, 0.29) is 11.9 Å². The average Bonchev–Trinajstić information content (AvgIpc) is 2.60. The summed E-state index contributed by atoms with van der Waals surface area (Å²) in [5, 5.41) is 3.23. The van der Waals surface area contributed by atoms with E-state index >= 15 is 0 Å². The maximum atomic E-state index is 11.3. The van der Waals surface area contributed by atoms with Crippen LogP contribution in [0.25, 0.3) is 0 Å². The van der Waals surface area contributed by atoms with Gasteiger partial charge in [0.05, 0.1) is 0 Å². The zero-order valence-electron chi connectivity index (χ0n) is 9.41. The minimum absolute atomic E-state index is 0.296. The lowest BCUT2D eigenvalue weighted by atomic mass is 10.1. The highest BCUT2D eigenvalue weighted by atomic mass is 32.1. The van der Waals surface area contributed by atoms with Gasteiger partial charge in [-0.25, -0.2) is 0 Å². The van der Waals surface area contributed by atoms with Crippen LogP contribution in [-0.2, 0) is 4.79 Å². The van der Waals surface area contributed by atoms with Crippen LogP contribution >= 0.6 is 11.3 Å². The first kappa shape index (κ1) is 12.2. The molecule has 0 aromatic carbocycles. The van der Waals surface area contributed by atoms with E-state index in [4.69, 9.17) is 5.73 Å². The Bertz CT molecular complexity index is 335. The zero-order chi connectivity index (χ0) is 11.4. The van der Waals surface area contributed by atoms with E-state index in [1.807, 2.05) is 19.1 Å². The fourth-order valence-corrected chi connectivity index (χ4v) is 2.26. The molecule has 1 heterocycles. The number of nitrogens with two attached hydrogens (primary N) is 1. The maximum absolute atomic E-state index is 11.3. The van der Waals surface area contributed by atoms with Crippen molar-refractivity contribution in [3.05, 3.63) is 21.9 Å². The van der Waals surface area contributed by atoms with Gasteiger partial charge in [0.25, 0.3) is 0 Å². The van der Waals surface area contributed by atoms with E-state index in [0.717, 1.165) is 11.3 Å². The summed E-state index contributed by atoms with van der Waals surface area (Å²) < 4.78 is 0. The van der Waals surface area contributed by atoms with E-state index in [1.54, 1.807) is 11.3 Å². The summed E-state index contributed by atoms with van der Waals surface area (Å²) in [6.45, 7) is 6.15. The van der Waals surface area contributed by atoms with E-state index < -0.39 is 0 Å². The van der Waals surface area contributed by atoms with Gasteiger partial charge in [0.2, 0.25) is 5.91 Å². The van der Waals surface area contributed by atoms with Crippen molar-refractivity contribution < 1.29 is 4.79 Å². The van der Waals surface area contributed by atoms with Crippen molar-refractivity contribution in [2.75, 3.05) is 0 Å². The maximum Gasteiger partial charge on any atom is 0.240 e. The van der Waals surface area contributed by atoms with E-state index in [1.165, 1.54) is 4.88 Å². The second-order valence-electron chi connectivity index (χ2n) is 3.76. The molecular weight excluding hydrogens is 208 g/mol. The van der Waals surface area contributed by atoms with Gasteiger partial charge < -0.3 is 5.73 Å². The molecule has 1 aromatic rings. The molecule has 0 saturated carbocycles. The average molecular weight is 226 g/mol. The van der Waals surface area contributed by atoms with Crippen LogP contribution in [0.2, 0.25) is 0 Å². The molecule has 1 rings (SSSR count). The molecule has 3 N–H and O–H groups in total. The van der Waals surface area contributed by atoms with Crippen LogP contribution in [0.5, 0.6) is 0 Å². The van der Waals surface area contributed by atoms with Crippen LogP contribution in [-0.4, -0.2) is 11.9 Å². The molecule has 4 heteroatoms. The third kappa shape index (κ3) is 3.32. The molecule has 1 aromatic heterocycles. The quantitative estimate of drug-likeness (QED) is 0.806. The molecule has 0 aliphatic heterocycles. The first-order valence-electron chi connectivity index (χ1n) is 5.16. The summed E-state index contributed by atoms with van der Waals surface area (Å²) in [4.78, 5) is 13.5. The first-order chi connectivity index (χ1) is 7.04. The van der Waals surface area contributed by atoms with E-state index in [0.29, 0.717) is 6.04 Å². The lowest BCUT2D eigenvalue weighted by Crippen LogP contribution is -2.38. The molecule has 0 fully saturated rings. The predicted molar refractivity (Wildman–Crippen MR) is 63.9 cm³/mol. The zero-order valence-corrected chi connectivity index (χ0v) is 10.2. The second kappa shape index (κ2) is 5.28. The number of amides is 1. The van der Waals surface area contributed by atoms with Crippen molar-refractivity contribution in [3.8, 4) is 0 Å². The highest BCUT2D eigenvalue weighted by Gasteiger charge is 2.20. The van der Waals surface area contributed by atoms with Gasteiger partial charge >= 0.3 is 0 Å². The summed E-state index contributed by atoms with van der Waals surface area (Å²) in [6.07, 6.45) is 0.980. The van der Waals surface area contributed by atoms with Gasteiger partial charge in [0.15, 0.2) is 0 Å². The van der Waals surface area contributed by atoms with Gasteiger partial charge in [0, 0.05) is 15.8 Å². The molecule has 15 heavy (non-hydrogen) atoms. The Morgan fingerprint density at radius 2 is 2.27 bits per heavy atom. The number of carbonyl (C=O) groups is 1. The van der Waals surface area contributed by atoms with Crippen LogP contribution < -0.4 is 11.1 Å². The van der Waals surface area contributed by atoms with E-state index in [2.05, 4.69) is 19.2 Å². The Hall–Kier alpha value is -0.870. The van der Waals surface area contributed by atoms with Gasteiger partial charge in [0.1, 0.15) is 6.04 Å². The Balaban J connectivity index is 2.79. The molecule has 2 unspecified atom stereocenters. The topological polar surface area (TPSA) is 55.1 Å². The van der Waals surface area contributed by atoms with Gasteiger partial charge in [-0.2, -0.15) is 0 Å². The fraction of sp³-hybridized carbons (Fsp3) is 0.545. The molecular formula is C11H18N2OS. The molecule has 0 saturated heterocycles. The Labute approximate surface area is 94.7 Å². The largest absolute Gasteiger partial charge is 0.368 e. The fourth-order valence-electron chi connectivity index (χ4n) is 1.32. The van der Waals surface area contributed by atoms with Crippen molar-refractivity contribution in [3.63, 3.8) is 0 Å². The third-order valence-corrected chi connectivity index (χ3v) is 3.46. The lowest BCUT2D eigenvalue weighted by molar-refractivity contribution is -0.120. The Morgan fingerprint density at radius 3 is 2.67 bits per heavy atom. The predicted octanol–water partition coefficient (Wildman–Crippen LogP) is 1.97. The van der Waals surface area contributed by atoms with Crippen molar-refractivity contribution >= 4 is 17.2 Å². The summed E-state index contributed by atoms with van der Waals surface area (Å²) in [7, 11) is 0. The Kier molecular flexibility index (Phi) is 4.29. The molecule has 84 valence electrons. The summed E-state index contributed by atoms with van der Waals surface area (Å²) in [5.74, 6) is -0.308. The number of rotatable bonds is 5. The smallest absolute Gasteiger partial charge is 0.240 e. The van der Waals surface area contributed by atoms with Crippen LogP contribution in [0.4, 0.5) is 0 Å². The van der Waals surface area contributed by atoms with Crippen molar-refractivity contribution in [1.82, 2.24) is 5.32 Å². The number of carbonyl (C=O) groups excluding carboxylic acids is 1. The van der Waals surface area contributed by atoms with Crippen LogP contribution in [0.3, 0.4) is 0 Å². The number of hydrogen-bond acceptors (Lipinski definition) is 3. The number of aryl methyl sites for hydroxylation is 1.